The van der Waals surface area contributed by atoms with Crippen LogP contribution in [-0.4, -0.2) is 47.0 Å². The monoisotopic (exact) mass is 175 g/mol. The molecule has 0 saturated carbocycles. The quantitative estimate of drug-likeness (QED) is 0.608. The van der Waals surface area contributed by atoms with E-state index in [2.05, 4.69) is 0 Å². The molecule has 74 valence electrons. The van der Waals surface area contributed by atoms with Crippen molar-refractivity contribution in [2.24, 2.45) is 0 Å². The summed E-state index contributed by atoms with van der Waals surface area (Å²) in [5.41, 5.74) is -0.195. The maximum Gasteiger partial charge on any atom is 0.0685 e. The first-order valence-corrected chi connectivity index (χ1v) is 4.59. The number of rotatable bonds is 1. The summed E-state index contributed by atoms with van der Waals surface area (Å²) in [4.78, 5) is 2.00. The van der Waals surface area contributed by atoms with Gasteiger partial charge >= 0.3 is 0 Å². The Labute approximate surface area is 75.0 Å². The van der Waals surface area contributed by atoms with Crippen LogP contribution in [0.4, 0.5) is 0 Å². The Bertz CT molecular complexity index is 130. The van der Waals surface area contributed by atoms with Gasteiger partial charge in [0.15, 0.2) is 0 Å². The molecule has 2 atom stereocenters. The lowest BCUT2D eigenvalue weighted by molar-refractivity contribution is 0.0994. The number of nitrogens with zero attached hydrogens (tertiary/aromatic N) is 1. The molecule has 0 aromatic rings. The molecule has 0 radical (unpaired) electrons. The fourth-order valence-corrected chi connectivity index (χ4v) is 1.45. The molecule has 0 amide bonds. The van der Waals surface area contributed by atoms with Crippen molar-refractivity contribution in [1.29, 1.82) is 0 Å². The summed E-state index contributed by atoms with van der Waals surface area (Å²) >= 11 is 0. The molecule has 3 heteroatoms. The average molecular weight is 175 g/mol. The Hall–Kier alpha value is -0.120. The summed E-state index contributed by atoms with van der Waals surface area (Å²) in [7, 11) is 1.92. The van der Waals surface area contributed by atoms with Gasteiger partial charge in [-0.15, -0.1) is 0 Å². The second-order valence-corrected chi connectivity index (χ2v) is 3.39. The van der Waals surface area contributed by atoms with Crippen LogP contribution in [0.2, 0.25) is 0 Å². The molecule has 1 aliphatic rings. The summed E-state index contributed by atoms with van der Waals surface area (Å²) in [5, 5.41) is 18.2. The van der Waals surface area contributed by atoms with Crippen molar-refractivity contribution >= 4 is 0 Å². The van der Waals surface area contributed by atoms with Crippen LogP contribution in [0.5, 0.6) is 0 Å². The van der Waals surface area contributed by atoms with Gasteiger partial charge in [0, 0.05) is 12.1 Å². The summed E-state index contributed by atoms with van der Waals surface area (Å²) in [6.07, 6.45) is 0.419. The van der Waals surface area contributed by atoms with Gasteiger partial charge in [0.1, 0.15) is 0 Å². The topological polar surface area (TPSA) is 43.7 Å². The Kier molecular flexibility index (Phi) is 4.75. The number of likely N-dealkylation sites (N-methyl/N-ethyl adjacent to an activating group) is 1. The van der Waals surface area contributed by atoms with Gasteiger partial charge in [-0.1, -0.05) is 13.8 Å². The first kappa shape index (κ1) is 11.9. The van der Waals surface area contributed by atoms with Crippen molar-refractivity contribution in [3.8, 4) is 0 Å². The third-order valence-corrected chi connectivity index (χ3v) is 2.42. The summed E-state index contributed by atoms with van der Waals surface area (Å²) in [6, 6.07) is 0. The van der Waals surface area contributed by atoms with Gasteiger partial charge in [-0.25, -0.2) is 0 Å². The molecule has 2 N–H and O–H groups in total. The van der Waals surface area contributed by atoms with Gasteiger partial charge in [-0.3, -0.25) is 4.90 Å². The van der Waals surface area contributed by atoms with E-state index < -0.39 is 0 Å². The van der Waals surface area contributed by atoms with Gasteiger partial charge in [0.05, 0.1) is 12.7 Å². The molecule has 0 aliphatic carbocycles. The van der Waals surface area contributed by atoms with E-state index in [9.17, 15) is 5.11 Å². The second-order valence-electron chi connectivity index (χ2n) is 3.39. The SMILES string of the molecule is CC.CN1CC(O)CC1(C)CO. The van der Waals surface area contributed by atoms with Crippen molar-refractivity contribution in [1.82, 2.24) is 4.90 Å². The van der Waals surface area contributed by atoms with Crippen molar-refractivity contribution < 1.29 is 10.2 Å². The van der Waals surface area contributed by atoms with E-state index in [0.29, 0.717) is 13.0 Å². The number of hydrogen-bond donors (Lipinski definition) is 2. The fraction of sp³-hybridized carbons (Fsp3) is 1.00. The molecule has 3 nitrogen and oxygen atoms in total. The Morgan fingerprint density at radius 1 is 1.50 bits per heavy atom. The lowest BCUT2D eigenvalue weighted by atomic mass is 10.0. The van der Waals surface area contributed by atoms with Crippen LogP contribution in [0.15, 0.2) is 0 Å². The van der Waals surface area contributed by atoms with Crippen molar-refractivity contribution in [3.05, 3.63) is 0 Å². The van der Waals surface area contributed by atoms with Crippen molar-refractivity contribution in [2.45, 2.75) is 38.8 Å². The molecule has 1 aliphatic heterocycles. The molecule has 1 rings (SSSR count). The van der Waals surface area contributed by atoms with Crippen LogP contribution in [0, 0.1) is 0 Å². The highest BCUT2D eigenvalue weighted by molar-refractivity contribution is 4.93. The molecule has 1 heterocycles. The highest BCUT2D eigenvalue weighted by Gasteiger charge is 2.38. The number of likely N-dealkylation sites (tertiary alicyclic amines) is 1. The second kappa shape index (κ2) is 4.80. The maximum absolute atomic E-state index is 9.21. The predicted molar refractivity (Wildman–Crippen MR) is 50.1 cm³/mol. The Morgan fingerprint density at radius 3 is 2.17 bits per heavy atom. The summed E-state index contributed by atoms with van der Waals surface area (Å²) < 4.78 is 0. The third kappa shape index (κ3) is 2.44. The van der Waals surface area contributed by atoms with E-state index in [-0.39, 0.29) is 18.2 Å². The van der Waals surface area contributed by atoms with Gasteiger partial charge in [0.2, 0.25) is 0 Å². The van der Waals surface area contributed by atoms with Crippen LogP contribution in [0.25, 0.3) is 0 Å². The zero-order valence-electron chi connectivity index (χ0n) is 8.54. The lowest BCUT2D eigenvalue weighted by Gasteiger charge is -2.29. The van der Waals surface area contributed by atoms with Gasteiger partial charge in [0.25, 0.3) is 0 Å². The van der Waals surface area contributed by atoms with E-state index in [1.54, 1.807) is 0 Å². The molecule has 0 spiro atoms. The number of aliphatic hydroxyl groups is 2. The standard InChI is InChI=1S/C7H15NO2.C2H6/c1-7(5-9)3-6(10)4-8(7)2;1-2/h6,9-10H,3-5H2,1-2H3;1-2H3. The maximum atomic E-state index is 9.21. The molecular formula is C9H21NO2. The summed E-state index contributed by atoms with van der Waals surface area (Å²) in [5.74, 6) is 0. The van der Waals surface area contributed by atoms with E-state index in [0.717, 1.165) is 0 Å². The minimum Gasteiger partial charge on any atom is -0.394 e. The predicted octanol–water partition coefficient (Wildman–Crippen LogP) is 0.460. The molecule has 1 saturated heterocycles. The molecule has 0 aromatic heterocycles. The average Bonchev–Trinajstić information content (AvgIpc) is 2.31. The molecular weight excluding hydrogens is 154 g/mol. The van der Waals surface area contributed by atoms with Gasteiger partial charge in [-0.2, -0.15) is 0 Å². The first-order chi connectivity index (χ1) is 5.58. The Balaban J connectivity index is 0.000000561. The van der Waals surface area contributed by atoms with Gasteiger partial charge in [-0.05, 0) is 20.4 Å². The largest absolute Gasteiger partial charge is 0.394 e. The minimum atomic E-state index is -0.262. The summed E-state index contributed by atoms with van der Waals surface area (Å²) in [6.45, 7) is 6.76. The molecule has 0 bridgehead atoms. The number of β-amino-alcohol motifs (C(OH)–C–C–N with tert-alkyl or cyclic N) is 1. The minimum absolute atomic E-state index is 0.126. The molecule has 12 heavy (non-hydrogen) atoms. The third-order valence-electron chi connectivity index (χ3n) is 2.42. The Morgan fingerprint density at radius 2 is 2.00 bits per heavy atom. The van der Waals surface area contributed by atoms with Crippen LogP contribution in [0.3, 0.4) is 0 Å². The number of aliphatic hydroxyl groups excluding tert-OH is 2. The van der Waals surface area contributed by atoms with Crippen LogP contribution in [-0.2, 0) is 0 Å². The fourth-order valence-electron chi connectivity index (χ4n) is 1.45. The zero-order chi connectivity index (χ0) is 9.78. The smallest absolute Gasteiger partial charge is 0.0685 e. The van der Waals surface area contributed by atoms with E-state index in [1.807, 2.05) is 32.7 Å². The normalized spacial score (nSPS) is 36.0. The lowest BCUT2D eigenvalue weighted by Crippen LogP contribution is -2.41. The van der Waals surface area contributed by atoms with Crippen LogP contribution in [0.1, 0.15) is 27.2 Å². The molecule has 2 unspecified atom stereocenters. The van der Waals surface area contributed by atoms with E-state index in [1.165, 1.54) is 0 Å². The van der Waals surface area contributed by atoms with Gasteiger partial charge < -0.3 is 10.2 Å². The molecule has 1 fully saturated rings. The van der Waals surface area contributed by atoms with Crippen LogP contribution < -0.4 is 0 Å². The number of hydrogen-bond acceptors (Lipinski definition) is 3. The first-order valence-electron chi connectivity index (χ1n) is 4.59. The van der Waals surface area contributed by atoms with Crippen molar-refractivity contribution in [2.75, 3.05) is 20.2 Å². The zero-order valence-corrected chi connectivity index (χ0v) is 8.54. The highest BCUT2D eigenvalue weighted by atomic mass is 16.3. The van der Waals surface area contributed by atoms with E-state index >= 15 is 0 Å². The van der Waals surface area contributed by atoms with Crippen LogP contribution >= 0.6 is 0 Å². The van der Waals surface area contributed by atoms with E-state index in [4.69, 9.17) is 5.11 Å². The van der Waals surface area contributed by atoms with Crippen molar-refractivity contribution in [3.63, 3.8) is 0 Å². The highest BCUT2D eigenvalue weighted by Crippen LogP contribution is 2.26. The molecule has 0 aromatic carbocycles.